The molecule has 0 aliphatic carbocycles. The van der Waals surface area contributed by atoms with Gasteiger partial charge in [-0.3, -0.25) is 16.1 Å². The van der Waals surface area contributed by atoms with E-state index in [1.54, 1.807) is 12.1 Å². The molecule has 0 aliphatic heterocycles. The molecule has 1 aromatic carbocycles. The Morgan fingerprint density at radius 2 is 1.64 bits per heavy atom. The van der Waals surface area contributed by atoms with Gasteiger partial charge >= 0.3 is 0 Å². The molecule has 0 radical (unpaired) electrons. The summed E-state index contributed by atoms with van der Waals surface area (Å²) in [6, 6.07) is 9.10. The molecule has 1 rings (SSSR count). The van der Waals surface area contributed by atoms with E-state index in [0.29, 0.717) is 0 Å². The third-order valence-electron chi connectivity index (χ3n) is 1.37. The summed E-state index contributed by atoms with van der Waals surface area (Å²) < 4.78 is 0. The molecule has 0 bridgehead atoms. The Morgan fingerprint density at radius 1 is 1.21 bits per heavy atom. The fourth-order valence-electron chi connectivity index (χ4n) is 0.532. The number of aldehydes is 1. The minimum absolute atomic E-state index is 0.0694. The molecular weight excluding hydrogens is 176 g/mol. The van der Waals surface area contributed by atoms with Crippen LogP contribution < -0.4 is 11.3 Å². The predicted molar refractivity (Wildman–Crippen MR) is 58.9 cm³/mol. The average molecular weight is 194 g/mol. The summed E-state index contributed by atoms with van der Waals surface area (Å²) in [5, 5.41) is 0. The first-order chi connectivity index (χ1) is 6.49. The topological polar surface area (TPSA) is 55.1 Å². The summed E-state index contributed by atoms with van der Waals surface area (Å²) in [5.41, 5.74) is 3.40. The van der Waals surface area contributed by atoms with Gasteiger partial charge in [-0.25, -0.2) is 0 Å². The van der Waals surface area contributed by atoms with Crippen LogP contribution in [0.4, 0.5) is 0 Å². The van der Waals surface area contributed by atoms with Gasteiger partial charge in [-0.15, -0.1) is 0 Å². The van der Waals surface area contributed by atoms with Crippen LogP contribution in [0.1, 0.15) is 31.1 Å². The maximum absolute atomic E-state index is 10.0. The normalized spacial score (nSPS) is 10.0. The van der Waals surface area contributed by atoms with Crippen LogP contribution in [0.25, 0.3) is 0 Å². The summed E-state index contributed by atoms with van der Waals surface area (Å²) >= 11 is 0. The van der Waals surface area contributed by atoms with Gasteiger partial charge in [-0.1, -0.05) is 30.3 Å². The smallest absolute Gasteiger partial charge is 0.150 e. The molecule has 0 unspecified atom stereocenters. The highest BCUT2D eigenvalue weighted by Crippen LogP contribution is 1.92. The largest absolute Gasteiger partial charge is 0.298 e. The number of rotatable bonds is 1. The molecule has 3 nitrogen and oxygen atoms in total. The van der Waals surface area contributed by atoms with Gasteiger partial charge in [0.25, 0.3) is 0 Å². The highest BCUT2D eigenvalue weighted by molar-refractivity contribution is 5.74. The molecule has 0 aromatic heterocycles. The Kier molecular flexibility index (Phi) is 5.76. The van der Waals surface area contributed by atoms with Gasteiger partial charge in [-0.05, 0) is 20.8 Å². The standard InChI is InChI=1S/C7H6O.C4H12N2/c8-6-7-4-2-1-3-5-7;1-4(2,3)6-5/h1-6H;6H,5H2,1-3H3. The molecule has 0 saturated heterocycles. The van der Waals surface area contributed by atoms with Gasteiger partial charge < -0.3 is 0 Å². The second kappa shape index (κ2) is 6.29. The maximum atomic E-state index is 10.0. The number of hydrogen-bond donors (Lipinski definition) is 2. The Hall–Kier alpha value is -1.19. The van der Waals surface area contributed by atoms with Crippen molar-refractivity contribution in [3.05, 3.63) is 35.9 Å². The van der Waals surface area contributed by atoms with Crippen molar-refractivity contribution in [1.29, 1.82) is 0 Å². The number of carbonyl (C=O) groups is 1. The van der Waals surface area contributed by atoms with E-state index in [4.69, 9.17) is 5.84 Å². The van der Waals surface area contributed by atoms with Crippen molar-refractivity contribution in [2.75, 3.05) is 0 Å². The van der Waals surface area contributed by atoms with Crippen LogP contribution in [-0.2, 0) is 0 Å². The minimum atomic E-state index is 0.0694. The van der Waals surface area contributed by atoms with Crippen molar-refractivity contribution >= 4 is 6.29 Å². The van der Waals surface area contributed by atoms with E-state index in [1.807, 2.05) is 39.0 Å². The molecule has 0 spiro atoms. The number of hydrazine groups is 1. The predicted octanol–water partition coefficient (Wildman–Crippen LogP) is 1.75. The van der Waals surface area contributed by atoms with E-state index in [9.17, 15) is 4.79 Å². The van der Waals surface area contributed by atoms with Crippen LogP contribution in [0.5, 0.6) is 0 Å². The first kappa shape index (κ1) is 12.8. The highest BCUT2D eigenvalue weighted by atomic mass is 16.1. The summed E-state index contributed by atoms with van der Waals surface area (Å²) in [7, 11) is 0. The fourth-order valence-corrected chi connectivity index (χ4v) is 0.532. The van der Waals surface area contributed by atoms with Crippen LogP contribution >= 0.6 is 0 Å². The number of carbonyl (C=O) groups excluding carboxylic acids is 1. The summed E-state index contributed by atoms with van der Waals surface area (Å²) in [4.78, 5) is 10.0. The van der Waals surface area contributed by atoms with Crippen LogP contribution in [-0.4, -0.2) is 11.8 Å². The molecule has 14 heavy (non-hydrogen) atoms. The first-order valence-corrected chi connectivity index (χ1v) is 4.47. The molecule has 3 heteroatoms. The molecule has 0 heterocycles. The second-order valence-corrected chi connectivity index (χ2v) is 3.92. The zero-order chi connectivity index (χ0) is 11.0. The van der Waals surface area contributed by atoms with E-state index in [-0.39, 0.29) is 5.54 Å². The van der Waals surface area contributed by atoms with E-state index in [2.05, 4.69) is 5.43 Å². The maximum Gasteiger partial charge on any atom is 0.150 e. The molecular formula is C11H18N2O. The number of nitrogens with one attached hydrogen (secondary N) is 1. The van der Waals surface area contributed by atoms with Crippen molar-refractivity contribution in [3.63, 3.8) is 0 Å². The Bertz CT molecular complexity index is 252. The molecule has 0 atom stereocenters. The lowest BCUT2D eigenvalue weighted by Crippen LogP contribution is -2.41. The summed E-state index contributed by atoms with van der Waals surface area (Å²) in [5.74, 6) is 5.06. The van der Waals surface area contributed by atoms with E-state index >= 15 is 0 Å². The van der Waals surface area contributed by atoms with Crippen molar-refractivity contribution in [2.24, 2.45) is 5.84 Å². The monoisotopic (exact) mass is 194 g/mol. The molecule has 0 aliphatic rings. The van der Waals surface area contributed by atoms with Crippen LogP contribution in [0.2, 0.25) is 0 Å². The molecule has 78 valence electrons. The lowest BCUT2D eigenvalue weighted by molar-refractivity contribution is 0.112. The summed E-state index contributed by atoms with van der Waals surface area (Å²) in [6.07, 6.45) is 0.833. The first-order valence-electron chi connectivity index (χ1n) is 4.47. The van der Waals surface area contributed by atoms with E-state index < -0.39 is 0 Å². The quantitative estimate of drug-likeness (QED) is 0.407. The highest BCUT2D eigenvalue weighted by Gasteiger charge is 2.02. The van der Waals surface area contributed by atoms with Crippen LogP contribution in [0.3, 0.4) is 0 Å². The fraction of sp³-hybridized carbons (Fsp3) is 0.364. The second-order valence-electron chi connectivity index (χ2n) is 3.92. The van der Waals surface area contributed by atoms with Crippen molar-refractivity contribution in [3.8, 4) is 0 Å². The third kappa shape index (κ3) is 7.46. The zero-order valence-corrected chi connectivity index (χ0v) is 8.95. The third-order valence-corrected chi connectivity index (χ3v) is 1.37. The van der Waals surface area contributed by atoms with Crippen LogP contribution in [0, 0.1) is 0 Å². The van der Waals surface area contributed by atoms with Gasteiger partial charge in [0.15, 0.2) is 0 Å². The van der Waals surface area contributed by atoms with Crippen molar-refractivity contribution in [2.45, 2.75) is 26.3 Å². The van der Waals surface area contributed by atoms with Gasteiger partial charge in [0, 0.05) is 11.1 Å². The molecule has 3 N–H and O–H groups in total. The van der Waals surface area contributed by atoms with E-state index in [1.165, 1.54) is 0 Å². The lowest BCUT2D eigenvalue weighted by atomic mass is 10.1. The van der Waals surface area contributed by atoms with Crippen molar-refractivity contribution < 1.29 is 4.79 Å². The molecule has 1 aromatic rings. The molecule has 0 saturated carbocycles. The number of nitrogens with two attached hydrogens (primary N) is 1. The van der Waals surface area contributed by atoms with Gasteiger partial charge in [0.1, 0.15) is 6.29 Å². The van der Waals surface area contributed by atoms with Gasteiger partial charge in [0.05, 0.1) is 0 Å². The van der Waals surface area contributed by atoms with Gasteiger partial charge in [0.2, 0.25) is 0 Å². The minimum Gasteiger partial charge on any atom is -0.298 e. The Morgan fingerprint density at radius 3 is 1.86 bits per heavy atom. The Balaban J connectivity index is 0.000000255. The summed E-state index contributed by atoms with van der Waals surface area (Å²) in [6.45, 7) is 6.02. The number of benzene rings is 1. The zero-order valence-electron chi connectivity index (χ0n) is 8.95. The van der Waals surface area contributed by atoms with Crippen molar-refractivity contribution in [1.82, 2.24) is 5.43 Å². The Labute approximate surface area is 85.3 Å². The van der Waals surface area contributed by atoms with Gasteiger partial charge in [-0.2, -0.15) is 0 Å². The van der Waals surface area contributed by atoms with E-state index in [0.717, 1.165) is 11.8 Å². The SMILES string of the molecule is CC(C)(C)NN.O=Cc1ccccc1. The lowest BCUT2D eigenvalue weighted by Gasteiger charge is -2.14. The molecule has 0 fully saturated rings. The number of hydrogen-bond acceptors (Lipinski definition) is 3. The van der Waals surface area contributed by atoms with Crippen LogP contribution in [0.15, 0.2) is 30.3 Å². The average Bonchev–Trinajstić information content (AvgIpc) is 2.19. The molecule has 0 amide bonds.